The number of amides is 1. The summed E-state index contributed by atoms with van der Waals surface area (Å²) in [4.78, 5) is 11.9. The molecule has 0 aliphatic rings. The van der Waals surface area contributed by atoms with Gasteiger partial charge in [0.25, 0.3) is 0 Å². The van der Waals surface area contributed by atoms with E-state index in [-0.39, 0.29) is 5.91 Å². The Hall–Kier alpha value is -1.36. The van der Waals surface area contributed by atoms with Crippen LogP contribution in [0.1, 0.15) is 11.1 Å². The number of aryl methyl sites for hydroxylation is 1. The third-order valence-corrected chi connectivity index (χ3v) is 3.26. The molecule has 1 amide bonds. The van der Waals surface area contributed by atoms with Crippen molar-refractivity contribution in [2.45, 2.75) is 13.3 Å². The highest BCUT2D eigenvalue weighted by atomic mass is 127. The van der Waals surface area contributed by atoms with Crippen molar-refractivity contribution < 1.29 is 4.79 Å². The summed E-state index contributed by atoms with van der Waals surface area (Å²) in [5.41, 5.74) is 3.08. The van der Waals surface area contributed by atoms with E-state index in [1.165, 1.54) is 5.56 Å². The molecule has 0 aromatic heterocycles. The van der Waals surface area contributed by atoms with E-state index in [9.17, 15) is 4.79 Å². The molecule has 0 aliphatic carbocycles. The van der Waals surface area contributed by atoms with E-state index in [0.717, 1.165) is 14.8 Å². The minimum absolute atomic E-state index is 0.0147. The van der Waals surface area contributed by atoms with Gasteiger partial charge in [0.1, 0.15) is 0 Å². The maximum absolute atomic E-state index is 11.9. The summed E-state index contributed by atoms with van der Waals surface area (Å²) in [6.45, 7) is 2.04. The quantitative estimate of drug-likeness (QED) is 0.838. The summed E-state index contributed by atoms with van der Waals surface area (Å²) in [6, 6.07) is 15.8. The van der Waals surface area contributed by atoms with Crippen LogP contribution in [0.3, 0.4) is 0 Å². The number of anilines is 1. The van der Waals surface area contributed by atoms with Crippen LogP contribution < -0.4 is 5.32 Å². The van der Waals surface area contributed by atoms with Crippen LogP contribution in [-0.2, 0) is 11.2 Å². The van der Waals surface area contributed by atoms with E-state index in [4.69, 9.17) is 0 Å². The van der Waals surface area contributed by atoms with E-state index in [0.29, 0.717) is 6.42 Å². The Balaban J connectivity index is 1.98. The molecule has 0 heterocycles. The van der Waals surface area contributed by atoms with Gasteiger partial charge in [0.05, 0.1) is 6.42 Å². The predicted molar refractivity (Wildman–Crippen MR) is 82.7 cm³/mol. The molecule has 2 nitrogen and oxygen atoms in total. The third kappa shape index (κ3) is 3.84. The monoisotopic (exact) mass is 351 g/mol. The first-order chi connectivity index (χ1) is 8.63. The van der Waals surface area contributed by atoms with Crippen molar-refractivity contribution in [2.24, 2.45) is 0 Å². The lowest BCUT2D eigenvalue weighted by Gasteiger charge is -2.06. The zero-order valence-corrected chi connectivity index (χ0v) is 12.3. The van der Waals surface area contributed by atoms with Crippen LogP contribution >= 0.6 is 22.6 Å². The van der Waals surface area contributed by atoms with Crippen molar-refractivity contribution in [3.05, 3.63) is 63.2 Å². The molecule has 0 saturated carbocycles. The van der Waals surface area contributed by atoms with Gasteiger partial charge in [-0.3, -0.25) is 4.79 Å². The van der Waals surface area contributed by atoms with Gasteiger partial charge in [0.2, 0.25) is 5.91 Å². The summed E-state index contributed by atoms with van der Waals surface area (Å²) < 4.78 is 1.11. The zero-order chi connectivity index (χ0) is 13.0. The van der Waals surface area contributed by atoms with E-state index < -0.39 is 0 Å². The lowest BCUT2D eigenvalue weighted by molar-refractivity contribution is -0.115. The van der Waals surface area contributed by atoms with Crippen LogP contribution in [0.2, 0.25) is 0 Å². The molecule has 92 valence electrons. The highest BCUT2D eigenvalue weighted by molar-refractivity contribution is 14.1. The minimum atomic E-state index is 0.0147. The average Bonchev–Trinajstić information content (AvgIpc) is 2.32. The molecule has 1 N–H and O–H groups in total. The fraction of sp³-hybridized carbons (Fsp3) is 0.133. The highest BCUT2D eigenvalue weighted by Crippen LogP contribution is 2.13. The van der Waals surface area contributed by atoms with Gasteiger partial charge >= 0.3 is 0 Å². The molecule has 0 aliphatic heterocycles. The van der Waals surface area contributed by atoms with Crippen LogP contribution in [0.15, 0.2) is 48.5 Å². The largest absolute Gasteiger partial charge is 0.326 e. The number of hydrogen-bond acceptors (Lipinski definition) is 1. The van der Waals surface area contributed by atoms with Gasteiger partial charge < -0.3 is 5.32 Å². The number of rotatable bonds is 3. The van der Waals surface area contributed by atoms with Crippen molar-refractivity contribution >= 4 is 34.2 Å². The van der Waals surface area contributed by atoms with Gasteiger partial charge in [0, 0.05) is 9.26 Å². The molecule has 0 atom stereocenters. The van der Waals surface area contributed by atoms with Crippen molar-refractivity contribution in [1.29, 1.82) is 0 Å². The molecule has 18 heavy (non-hydrogen) atoms. The van der Waals surface area contributed by atoms with Crippen LogP contribution in [-0.4, -0.2) is 5.91 Å². The first kappa shape index (κ1) is 13.1. The molecule has 2 aromatic rings. The molecule has 0 fully saturated rings. The van der Waals surface area contributed by atoms with Gasteiger partial charge in [-0.1, -0.05) is 35.9 Å². The van der Waals surface area contributed by atoms with Crippen molar-refractivity contribution in [3.8, 4) is 0 Å². The molecule has 2 aromatic carbocycles. The Labute approximate surface area is 121 Å². The second-order valence-corrected chi connectivity index (χ2v) is 5.47. The Kier molecular flexibility index (Phi) is 4.36. The summed E-state index contributed by atoms with van der Waals surface area (Å²) in [5.74, 6) is 0.0147. The number of nitrogens with one attached hydrogen (secondary N) is 1. The van der Waals surface area contributed by atoms with Gasteiger partial charge in [-0.15, -0.1) is 0 Å². The number of benzene rings is 2. The van der Waals surface area contributed by atoms with E-state index >= 15 is 0 Å². The number of carbonyl (C=O) groups is 1. The fourth-order valence-electron chi connectivity index (χ4n) is 1.66. The average molecular weight is 351 g/mol. The first-order valence-electron chi connectivity index (χ1n) is 5.74. The van der Waals surface area contributed by atoms with Crippen molar-refractivity contribution in [1.82, 2.24) is 0 Å². The summed E-state index contributed by atoms with van der Waals surface area (Å²) in [6.07, 6.45) is 0.408. The fourth-order valence-corrected chi connectivity index (χ4v) is 2.21. The lowest BCUT2D eigenvalue weighted by Crippen LogP contribution is -2.14. The SMILES string of the molecule is Cc1ccc(CC(=O)Nc2cccc(I)c2)cc1. The maximum atomic E-state index is 11.9. The van der Waals surface area contributed by atoms with Crippen LogP contribution in [0.5, 0.6) is 0 Å². The van der Waals surface area contributed by atoms with Crippen molar-refractivity contribution in [2.75, 3.05) is 5.32 Å². The number of hydrogen-bond donors (Lipinski definition) is 1. The van der Waals surface area contributed by atoms with E-state index in [1.54, 1.807) is 0 Å². The Bertz CT molecular complexity index is 549. The van der Waals surface area contributed by atoms with Gasteiger partial charge in [-0.2, -0.15) is 0 Å². The molecule has 0 saturated heterocycles. The first-order valence-corrected chi connectivity index (χ1v) is 6.82. The molecular formula is C15H14INO. The van der Waals surface area contributed by atoms with Gasteiger partial charge in [-0.25, -0.2) is 0 Å². The Morgan fingerprint density at radius 3 is 2.56 bits per heavy atom. The lowest BCUT2D eigenvalue weighted by atomic mass is 10.1. The summed E-state index contributed by atoms with van der Waals surface area (Å²) in [7, 11) is 0. The van der Waals surface area contributed by atoms with Crippen LogP contribution in [0, 0.1) is 10.5 Å². The molecule has 0 spiro atoms. The number of halogens is 1. The van der Waals surface area contributed by atoms with E-state index in [2.05, 4.69) is 27.9 Å². The predicted octanol–water partition coefficient (Wildman–Crippen LogP) is 3.78. The minimum Gasteiger partial charge on any atom is -0.326 e. The Morgan fingerprint density at radius 1 is 1.17 bits per heavy atom. The summed E-state index contributed by atoms with van der Waals surface area (Å²) >= 11 is 2.23. The maximum Gasteiger partial charge on any atom is 0.228 e. The van der Waals surface area contributed by atoms with Gasteiger partial charge in [-0.05, 0) is 53.3 Å². The topological polar surface area (TPSA) is 29.1 Å². The number of carbonyl (C=O) groups excluding carboxylic acids is 1. The van der Waals surface area contributed by atoms with Crippen LogP contribution in [0.25, 0.3) is 0 Å². The molecular weight excluding hydrogens is 337 g/mol. The normalized spacial score (nSPS) is 10.1. The zero-order valence-electron chi connectivity index (χ0n) is 10.1. The standard InChI is InChI=1S/C15H14INO/c1-11-5-7-12(8-6-11)9-15(18)17-14-4-2-3-13(16)10-14/h2-8,10H,9H2,1H3,(H,17,18). The molecule has 0 unspecified atom stereocenters. The third-order valence-electron chi connectivity index (χ3n) is 2.59. The Morgan fingerprint density at radius 2 is 1.89 bits per heavy atom. The second kappa shape index (κ2) is 6.00. The second-order valence-electron chi connectivity index (χ2n) is 4.22. The smallest absolute Gasteiger partial charge is 0.228 e. The molecule has 2 rings (SSSR count). The van der Waals surface area contributed by atoms with Gasteiger partial charge in [0.15, 0.2) is 0 Å². The van der Waals surface area contributed by atoms with Crippen molar-refractivity contribution in [3.63, 3.8) is 0 Å². The molecule has 0 radical (unpaired) electrons. The molecule has 3 heteroatoms. The highest BCUT2D eigenvalue weighted by Gasteiger charge is 2.04. The van der Waals surface area contributed by atoms with Crippen LogP contribution in [0.4, 0.5) is 5.69 Å². The van der Waals surface area contributed by atoms with E-state index in [1.807, 2.05) is 55.5 Å². The molecule has 0 bridgehead atoms. The summed E-state index contributed by atoms with van der Waals surface area (Å²) in [5, 5.41) is 2.90.